The average Bonchev–Trinajstić information content (AvgIpc) is 3.77. The summed E-state index contributed by atoms with van der Waals surface area (Å²) in [5, 5.41) is 52.6. The molecule has 0 atom stereocenters. The van der Waals surface area contributed by atoms with E-state index in [0.29, 0.717) is 33.4 Å². The molecule has 0 saturated carbocycles. The van der Waals surface area contributed by atoms with E-state index in [-0.39, 0.29) is 56.7 Å². The molecule has 10 heteroatoms. The second-order valence-electron chi connectivity index (χ2n) is 17.3. The minimum atomic E-state index is -0.671. The number of aryl methyl sites for hydroxylation is 2. The molecule has 6 N–H and O–H groups in total. The number of fused-ring (bicyclic) bond motifs is 8. The normalized spacial score (nSPS) is 15.6. The van der Waals surface area contributed by atoms with E-state index < -0.39 is 23.1 Å². The second kappa shape index (κ2) is 14.8. The molecule has 8 aromatic rings. The fourth-order valence-corrected chi connectivity index (χ4v) is 10.0. The zero-order chi connectivity index (χ0) is 44.9. The van der Waals surface area contributed by atoms with Gasteiger partial charge in [-0.1, -0.05) is 113 Å². The van der Waals surface area contributed by atoms with E-state index in [4.69, 9.17) is 0 Å². The van der Waals surface area contributed by atoms with Crippen molar-refractivity contribution in [2.24, 2.45) is 11.8 Å². The van der Waals surface area contributed by atoms with Gasteiger partial charge in [0.25, 0.3) is 0 Å². The molecule has 0 unspecified atom stereocenters. The van der Waals surface area contributed by atoms with Crippen LogP contribution in [0.25, 0.3) is 77.0 Å². The minimum Gasteiger partial charge on any atom is -0.507 e. The van der Waals surface area contributed by atoms with E-state index in [1.54, 1.807) is 13.8 Å². The predicted octanol–water partition coefficient (Wildman–Crippen LogP) is 11.8. The van der Waals surface area contributed by atoms with E-state index in [1.165, 1.54) is 12.4 Å². The molecule has 318 valence electrons. The largest absolute Gasteiger partial charge is 0.507 e. The highest BCUT2D eigenvalue weighted by Crippen LogP contribution is 2.54. The number of aliphatic hydroxyl groups is 2. The summed E-state index contributed by atoms with van der Waals surface area (Å²) >= 11 is 0. The lowest BCUT2D eigenvalue weighted by atomic mass is 9.75. The Morgan fingerprint density at radius 2 is 0.766 bits per heavy atom. The van der Waals surface area contributed by atoms with Crippen molar-refractivity contribution in [3.8, 4) is 22.6 Å². The summed E-state index contributed by atoms with van der Waals surface area (Å²) in [5.74, 6) is -3.31. The van der Waals surface area contributed by atoms with Gasteiger partial charge in [-0.2, -0.15) is 0 Å². The summed E-state index contributed by atoms with van der Waals surface area (Å²) in [6.45, 7) is 11.1. The number of aromatic hydroxyl groups is 2. The zero-order valence-corrected chi connectivity index (χ0v) is 36.2. The van der Waals surface area contributed by atoms with Crippen molar-refractivity contribution in [2.75, 3.05) is 10.9 Å². The van der Waals surface area contributed by atoms with Gasteiger partial charge in [0.1, 0.15) is 11.5 Å². The number of nitrogens with zero attached hydrogens (tertiary/aromatic N) is 2. The van der Waals surface area contributed by atoms with Crippen LogP contribution in [-0.4, -0.2) is 41.3 Å². The van der Waals surface area contributed by atoms with Gasteiger partial charge >= 0.3 is 0 Å². The van der Waals surface area contributed by atoms with Crippen LogP contribution in [0.4, 0.5) is 0 Å². The van der Waals surface area contributed by atoms with Crippen LogP contribution in [0.15, 0.2) is 133 Å². The molecule has 0 aliphatic heterocycles. The number of aliphatic hydroxyl groups excluding tert-OH is 2. The van der Waals surface area contributed by atoms with Gasteiger partial charge in [-0.05, 0) is 72.2 Å². The molecule has 6 aromatic carbocycles. The molecule has 2 aliphatic carbocycles. The van der Waals surface area contributed by atoms with Crippen molar-refractivity contribution < 1.29 is 30.0 Å². The van der Waals surface area contributed by atoms with Crippen LogP contribution >= 0.6 is 0 Å². The molecule has 64 heavy (non-hydrogen) atoms. The molecule has 10 rings (SSSR count). The molecule has 2 heterocycles. The van der Waals surface area contributed by atoms with Gasteiger partial charge in [0, 0.05) is 67.3 Å². The number of Topliss-reactive ketones (excluding diaryl/α,β-unsaturated/α-hetero) is 2. The van der Waals surface area contributed by atoms with Crippen molar-refractivity contribution in [1.29, 1.82) is 0 Å². The third kappa shape index (κ3) is 5.78. The van der Waals surface area contributed by atoms with Crippen molar-refractivity contribution in [2.45, 2.75) is 41.5 Å². The van der Waals surface area contributed by atoms with Crippen LogP contribution in [0.3, 0.4) is 0 Å². The van der Waals surface area contributed by atoms with Gasteiger partial charge < -0.3 is 31.3 Å². The molecule has 0 spiro atoms. The number of carbonyl (C=O) groups is 2. The van der Waals surface area contributed by atoms with Crippen LogP contribution in [0.5, 0.6) is 11.5 Å². The highest BCUT2D eigenvalue weighted by molar-refractivity contribution is 6.35. The summed E-state index contributed by atoms with van der Waals surface area (Å²) in [4.78, 5) is 28.7. The van der Waals surface area contributed by atoms with Crippen molar-refractivity contribution in [3.05, 3.63) is 166 Å². The topological polar surface area (TPSA) is 149 Å². The van der Waals surface area contributed by atoms with Crippen LogP contribution < -0.4 is 10.9 Å². The number of nitrogens with one attached hydrogen (secondary N) is 2. The summed E-state index contributed by atoms with van der Waals surface area (Å²) in [5.41, 5.74) is 13.9. The maximum atomic E-state index is 14.4. The molecular weight excluding hydrogens is 801 g/mol. The number of carbonyl (C=O) groups excluding carboxylic acids is 2. The summed E-state index contributed by atoms with van der Waals surface area (Å²) < 4.78 is 3.73. The molecule has 0 fully saturated rings. The number of benzene rings is 6. The molecular formula is C54H46N4O6. The second-order valence-corrected chi connectivity index (χ2v) is 17.3. The predicted molar refractivity (Wildman–Crippen MR) is 257 cm³/mol. The molecule has 0 bridgehead atoms. The van der Waals surface area contributed by atoms with Gasteiger partial charge in [0.05, 0.1) is 33.2 Å². The Kier molecular flexibility index (Phi) is 9.30. The van der Waals surface area contributed by atoms with Crippen molar-refractivity contribution in [1.82, 2.24) is 9.35 Å². The van der Waals surface area contributed by atoms with Crippen molar-refractivity contribution >= 4 is 77.5 Å². The van der Waals surface area contributed by atoms with E-state index in [9.17, 15) is 30.0 Å². The van der Waals surface area contributed by atoms with Gasteiger partial charge in [-0.25, -0.2) is 0 Å². The first-order valence-electron chi connectivity index (χ1n) is 21.4. The highest BCUT2D eigenvalue weighted by Gasteiger charge is 2.39. The van der Waals surface area contributed by atoms with Gasteiger partial charge in [0.15, 0.2) is 11.5 Å². The van der Waals surface area contributed by atoms with Crippen LogP contribution in [0.2, 0.25) is 0 Å². The van der Waals surface area contributed by atoms with Crippen LogP contribution in [0.1, 0.15) is 61.1 Å². The van der Waals surface area contributed by atoms with E-state index in [2.05, 4.69) is 10.9 Å². The van der Waals surface area contributed by atoms with E-state index in [0.717, 1.165) is 43.6 Å². The number of hydrogen-bond donors (Lipinski definition) is 6. The Bertz CT molecular complexity index is 3160. The standard InChI is InChI=1S/C54H46N4O6/c1-27(2)43-35-23-29(5)45(51(61)47(35)37(49(59)53(43)63)25-55-57-39-19-11-7-15-31(39)32-16-8-12-20-40(32)57)46-30(6)24-36-44(28(3)4)54(64)50(60)38(48(36)52(46)62)26-56-58-41-21-13-9-17-33(41)34-18-10-14-22-42(34)58/h7-28,55-56,61-64H,1-6H3/b37-25-,38-26-. The van der Waals surface area contributed by atoms with Crippen molar-refractivity contribution in [3.63, 3.8) is 0 Å². The molecule has 2 aliphatic rings. The molecule has 0 saturated heterocycles. The summed E-state index contributed by atoms with van der Waals surface area (Å²) in [6.07, 6.45) is 3.02. The zero-order valence-electron chi connectivity index (χ0n) is 36.2. The van der Waals surface area contributed by atoms with E-state index >= 15 is 0 Å². The first kappa shape index (κ1) is 40.1. The Morgan fingerprint density at radius 3 is 1.06 bits per heavy atom. The number of hydrogen-bond acceptors (Lipinski definition) is 8. The summed E-state index contributed by atoms with van der Waals surface area (Å²) in [6, 6.07) is 35.2. The Hall–Kier alpha value is -7.98. The maximum absolute atomic E-state index is 14.4. The minimum absolute atomic E-state index is 0.0219. The quantitative estimate of drug-likeness (QED) is 0.0869. The molecule has 0 amide bonds. The smallest absolute Gasteiger partial charge is 0.229 e. The number of allylic oxidation sites excluding steroid dienone is 4. The monoisotopic (exact) mass is 846 g/mol. The lowest BCUT2D eigenvalue weighted by Gasteiger charge is -2.29. The fraction of sp³-hybridized carbons (Fsp3) is 0.148. The molecule has 2 aromatic heterocycles. The number of phenols is 2. The third-order valence-corrected chi connectivity index (χ3v) is 12.8. The van der Waals surface area contributed by atoms with Crippen LogP contribution in [0, 0.1) is 25.7 Å². The first-order valence-corrected chi connectivity index (χ1v) is 21.4. The lowest BCUT2D eigenvalue weighted by Crippen LogP contribution is -2.21. The number of rotatable bonds is 7. The van der Waals surface area contributed by atoms with Gasteiger partial charge in [-0.3, -0.25) is 18.9 Å². The number of phenolic OH excluding ortho intramolecular Hbond substituents is 2. The Morgan fingerprint density at radius 1 is 0.469 bits per heavy atom. The summed E-state index contributed by atoms with van der Waals surface area (Å²) in [7, 11) is 0. The Balaban J connectivity index is 1.19. The Labute approximate surface area is 369 Å². The number of ketones is 2. The van der Waals surface area contributed by atoms with Gasteiger partial charge in [-0.15, -0.1) is 0 Å². The first-order chi connectivity index (χ1) is 30.8. The third-order valence-electron chi connectivity index (χ3n) is 12.8. The van der Waals surface area contributed by atoms with Gasteiger partial charge in [0.2, 0.25) is 11.6 Å². The lowest BCUT2D eigenvalue weighted by molar-refractivity contribution is -0.113. The molecule has 10 nitrogen and oxygen atoms in total. The van der Waals surface area contributed by atoms with E-state index in [1.807, 2.05) is 146 Å². The number of aromatic nitrogens is 2. The fourth-order valence-electron chi connectivity index (χ4n) is 10.0. The average molecular weight is 847 g/mol. The number of para-hydroxylation sites is 4. The maximum Gasteiger partial charge on any atom is 0.229 e. The SMILES string of the molecule is Cc1cc2c(c(O)c1-c1c(C)cc3c(c1O)/C(=C/Nn1c4ccccc4c4ccccc41)C(=O)C(O)=C3C(C)C)/C(=C/Nn1c3ccccc3c3ccccc31)C(=O)C(O)=C2C(C)C. The molecule has 0 radical (unpaired) electrons. The highest BCUT2D eigenvalue weighted by atomic mass is 16.3. The van der Waals surface area contributed by atoms with Crippen LogP contribution in [-0.2, 0) is 9.59 Å².